The number of rotatable bonds is 3. The highest BCUT2D eigenvalue weighted by molar-refractivity contribution is 9.10. The van der Waals surface area contributed by atoms with Gasteiger partial charge >= 0.3 is 5.97 Å². The van der Waals surface area contributed by atoms with Crippen LogP contribution in [0.2, 0.25) is 0 Å². The van der Waals surface area contributed by atoms with Gasteiger partial charge in [0.05, 0.1) is 17.1 Å². The van der Waals surface area contributed by atoms with Gasteiger partial charge < -0.3 is 14.4 Å². The predicted octanol–water partition coefficient (Wildman–Crippen LogP) is 2.95. The number of ether oxygens (including phenoxy) is 1. The quantitative estimate of drug-likeness (QED) is 0.942. The fraction of sp³-hybridized carbons (Fsp3) is 0.0909. The van der Waals surface area contributed by atoms with Crippen molar-refractivity contribution in [1.82, 2.24) is 5.16 Å². The molecular weight excluding hydrogens is 309 g/mol. The molecule has 0 spiro atoms. The number of methoxy groups -OCH3 is 1. The van der Waals surface area contributed by atoms with E-state index < -0.39 is 11.8 Å². The maximum Gasteiger partial charge on any atom is 0.358 e. The van der Waals surface area contributed by atoms with Crippen molar-refractivity contribution in [3.63, 3.8) is 0 Å². The lowest BCUT2D eigenvalue weighted by atomic mass is 10.1. The molecule has 0 atom stereocenters. The first-order chi connectivity index (χ1) is 8.52. The molecule has 0 saturated carbocycles. The number of hydrogen-bond donors (Lipinski definition) is 1. The summed E-state index contributed by atoms with van der Waals surface area (Å²) in [4.78, 5) is 10.7. The summed E-state index contributed by atoms with van der Waals surface area (Å²) in [5, 5.41) is 12.0. The molecule has 0 aliphatic rings. The average Bonchev–Trinajstić information content (AvgIpc) is 2.81. The van der Waals surface area contributed by atoms with Crippen LogP contribution in [0.25, 0.3) is 11.3 Å². The maximum atomic E-state index is 13.8. The zero-order valence-corrected chi connectivity index (χ0v) is 10.7. The number of aromatic carboxylic acids is 1. The summed E-state index contributed by atoms with van der Waals surface area (Å²) in [6, 6.07) is 3.75. The van der Waals surface area contributed by atoms with Gasteiger partial charge in [-0.2, -0.15) is 0 Å². The molecule has 18 heavy (non-hydrogen) atoms. The van der Waals surface area contributed by atoms with Crippen molar-refractivity contribution in [2.45, 2.75) is 0 Å². The van der Waals surface area contributed by atoms with E-state index in [0.29, 0.717) is 10.2 Å². The second-order valence-electron chi connectivity index (χ2n) is 3.35. The molecule has 1 aromatic carbocycles. The minimum Gasteiger partial charge on any atom is -0.495 e. The number of benzene rings is 1. The Morgan fingerprint density at radius 1 is 1.50 bits per heavy atom. The lowest BCUT2D eigenvalue weighted by Gasteiger charge is -2.05. The summed E-state index contributed by atoms with van der Waals surface area (Å²) in [6.45, 7) is 0. The van der Waals surface area contributed by atoms with Gasteiger partial charge in [-0.1, -0.05) is 5.16 Å². The van der Waals surface area contributed by atoms with Gasteiger partial charge in [0.2, 0.25) is 0 Å². The molecule has 0 saturated heterocycles. The van der Waals surface area contributed by atoms with Gasteiger partial charge in [-0.25, -0.2) is 9.18 Å². The molecule has 5 nitrogen and oxygen atoms in total. The molecule has 0 unspecified atom stereocenters. The smallest absolute Gasteiger partial charge is 0.358 e. The van der Waals surface area contributed by atoms with Crippen LogP contribution in [0.5, 0.6) is 5.75 Å². The van der Waals surface area contributed by atoms with Crippen LogP contribution >= 0.6 is 15.9 Å². The molecule has 1 aromatic heterocycles. The Morgan fingerprint density at radius 3 is 2.78 bits per heavy atom. The van der Waals surface area contributed by atoms with E-state index in [2.05, 4.69) is 21.1 Å². The lowest BCUT2D eigenvalue weighted by Crippen LogP contribution is -1.94. The molecule has 0 fully saturated rings. The molecule has 94 valence electrons. The Hall–Kier alpha value is -1.89. The SMILES string of the molecule is COc1cc(F)c(-c2cc(C(=O)O)no2)cc1Br. The van der Waals surface area contributed by atoms with E-state index in [1.807, 2.05) is 0 Å². The number of halogens is 2. The molecule has 0 radical (unpaired) electrons. The van der Waals surface area contributed by atoms with Gasteiger partial charge in [0.25, 0.3) is 0 Å². The molecule has 2 aromatic rings. The van der Waals surface area contributed by atoms with Crippen LogP contribution < -0.4 is 4.74 Å². The minimum absolute atomic E-state index is 0.0354. The van der Waals surface area contributed by atoms with Crippen molar-refractivity contribution in [3.05, 3.63) is 34.2 Å². The normalized spacial score (nSPS) is 10.4. The van der Waals surface area contributed by atoms with E-state index in [1.54, 1.807) is 0 Å². The molecule has 7 heteroatoms. The van der Waals surface area contributed by atoms with Gasteiger partial charge in [0.15, 0.2) is 11.5 Å². The summed E-state index contributed by atoms with van der Waals surface area (Å²) in [5.74, 6) is -1.47. The summed E-state index contributed by atoms with van der Waals surface area (Å²) >= 11 is 3.20. The van der Waals surface area contributed by atoms with E-state index in [1.165, 1.54) is 19.2 Å². The summed E-state index contributed by atoms with van der Waals surface area (Å²) in [6.07, 6.45) is 0. The Bertz CT molecular complexity index is 611. The van der Waals surface area contributed by atoms with Crippen LogP contribution in [-0.2, 0) is 0 Å². The average molecular weight is 316 g/mol. The van der Waals surface area contributed by atoms with Crippen molar-refractivity contribution in [2.75, 3.05) is 7.11 Å². The van der Waals surface area contributed by atoms with Crippen molar-refractivity contribution < 1.29 is 23.6 Å². The second kappa shape index (κ2) is 4.77. The van der Waals surface area contributed by atoms with Gasteiger partial charge in [-0.05, 0) is 22.0 Å². The Balaban J connectivity index is 2.50. The monoisotopic (exact) mass is 315 g/mol. The van der Waals surface area contributed by atoms with E-state index in [4.69, 9.17) is 14.4 Å². The molecule has 0 aliphatic carbocycles. The number of carbonyl (C=O) groups is 1. The first-order valence-corrected chi connectivity index (χ1v) is 5.55. The van der Waals surface area contributed by atoms with Gasteiger partial charge in [0, 0.05) is 12.1 Å². The molecule has 0 aliphatic heterocycles. The molecule has 1 N–H and O–H groups in total. The van der Waals surface area contributed by atoms with E-state index >= 15 is 0 Å². The number of hydrogen-bond acceptors (Lipinski definition) is 4. The number of carboxylic acid groups (broad SMARTS) is 1. The maximum absolute atomic E-state index is 13.8. The molecule has 0 bridgehead atoms. The van der Waals surface area contributed by atoms with Gasteiger partial charge in [-0.15, -0.1) is 0 Å². The van der Waals surface area contributed by atoms with E-state index in [0.717, 1.165) is 6.07 Å². The number of aromatic nitrogens is 1. The van der Waals surface area contributed by atoms with Crippen LogP contribution in [0.1, 0.15) is 10.5 Å². The fourth-order valence-corrected chi connectivity index (χ4v) is 1.88. The highest BCUT2D eigenvalue weighted by Crippen LogP contribution is 2.33. The second-order valence-corrected chi connectivity index (χ2v) is 4.20. The zero-order valence-electron chi connectivity index (χ0n) is 9.11. The third-order valence-corrected chi connectivity index (χ3v) is 2.86. The Morgan fingerprint density at radius 2 is 2.22 bits per heavy atom. The van der Waals surface area contributed by atoms with Crippen molar-refractivity contribution >= 4 is 21.9 Å². The highest BCUT2D eigenvalue weighted by atomic mass is 79.9. The number of nitrogens with zero attached hydrogens (tertiary/aromatic N) is 1. The third-order valence-electron chi connectivity index (χ3n) is 2.24. The predicted molar refractivity (Wildman–Crippen MR) is 63.1 cm³/mol. The van der Waals surface area contributed by atoms with Gasteiger partial charge in [-0.3, -0.25) is 0 Å². The Labute approximate surface area is 109 Å². The minimum atomic E-state index is -1.24. The van der Waals surface area contributed by atoms with Crippen LogP contribution in [0.4, 0.5) is 4.39 Å². The summed E-state index contributed by atoms with van der Waals surface area (Å²) < 4.78 is 24.0. The molecule has 1 heterocycles. The fourth-order valence-electron chi connectivity index (χ4n) is 1.38. The topological polar surface area (TPSA) is 72.6 Å². The van der Waals surface area contributed by atoms with Crippen LogP contribution in [0.3, 0.4) is 0 Å². The van der Waals surface area contributed by atoms with Crippen molar-refractivity contribution in [2.24, 2.45) is 0 Å². The van der Waals surface area contributed by atoms with Crippen molar-refractivity contribution in [1.29, 1.82) is 0 Å². The van der Waals surface area contributed by atoms with E-state index in [9.17, 15) is 9.18 Å². The van der Waals surface area contributed by atoms with Crippen molar-refractivity contribution in [3.8, 4) is 17.1 Å². The number of carboxylic acids is 1. The van der Waals surface area contributed by atoms with Crippen LogP contribution in [-0.4, -0.2) is 23.3 Å². The Kier molecular flexibility index (Phi) is 3.33. The molecular formula is C11H7BrFNO4. The van der Waals surface area contributed by atoms with Crippen LogP contribution in [0.15, 0.2) is 27.2 Å². The molecule has 2 rings (SSSR count). The molecule has 0 amide bonds. The van der Waals surface area contributed by atoms with Crippen LogP contribution in [0, 0.1) is 5.82 Å². The summed E-state index contributed by atoms with van der Waals surface area (Å²) in [7, 11) is 1.41. The first kappa shape index (κ1) is 12.6. The van der Waals surface area contributed by atoms with E-state index in [-0.39, 0.29) is 17.0 Å². The zero-order chi connectivity index (χ0) is 13.3. The first-order valence-electron chi connectivity index (χ1n) is 4.76. The highest BCUT2D eigenvalue weighted by Gasteiger charge is 2.17. The van der Waals surface area contributed by atoms with Gasteiger partial charge in [0.1, 0.15) is 11.6 Å². The standard InChI is InChI=1S/C11H7BrFNO4/c1-17-10-3-7(13)5(2-6(10)12)9-4-8(11(15)16)14-18-9/h2-4H,1H3,(H,15,16). The third kappa shape index (κ3) is 2.21. The summed E-state index contributed by atoms with van der Waals surface area (Å²) in [5.41, 5.74) is -0.181. The lowest BCUT2D eigenvalue weighted by molar-refractivity contribution is 0.0686. The largest absolute Gasteiger partial charge is 0.495 e.